The molecule has 0 spiro atoms. The largest absolute Gasteiger partial charge is 0.462 e. The number of nitrogens with two attached hydrogens (primary N) is 1. The minimum absolute atomic E-state index is 0.0116. The Balaban J connectivity index is 3.15. The van der Waals surface area contributed by atoms with Crippen molar-refractivity contribution in [1.29, 1.82) is 0 Å². The number of carbonyl (C=O) groups is 1. The Labute approximate surface area is 95.1 Å². The molecule has 94 valence electrons. The summed E-state index contributed by atoms with van der Waals surface area (Å²) in [6.45, 7) is -1.58. The first-order chi connectivity index (χ1) is 7.97. The number of hydrogen-bond donors (Lipinski definition) is 1. The molecule has 0 aliphatic rings. The minimum Gasteiger partial charge on any atom is -0.462 e. The summed E-state index contributed by atoms with van der Waals surface area (Å²) in [4.78, 5) is 11.3. The topological polar surface area (TPSA) is 61.5 Å². The Morgan fingerprint density at radius 2 is 2.12 bits per heavy atom. The Hall–Kier alpha value is -1.92. The van der Waals surface area contributed by atoms with Gasteiger partial charge in [0.1, 0.15) is 17.1 Å². The van der Waals surface area contributed by atoms with E-state index in [0.29, 0.717) is 0 Å². The van der Waals surface area contributed by atoms with Gasteiger partial charge in [0.2, 0.25) is 0 Å². The number of halogens is 3. The first kappa shape index (κ1) is 13.1. The quantitative estimate of drug-likeness (QED) is 0.656. The lowest BCUT2D eigenvalue weighted by Gasteiger charge is -2.11. The summed E-state index contributed by atoms with van der Waals surface area (Å²) in [6.07, 6.45) is 0. The summed E-state index contributed by atoms with van der Waals surface area (Å²) < 4.78 is 45.9. The summed E-state index contributed by atoms with van der Waals surface area (Å²) in [5, 5.41) is 0. The van der Waals surface area contributed by atoms with Gasteiger partial charge in [-0.3, -0.25) is 0 Å². The molecule has 7 heteroatoms. The van der Waals surface area contributed by atoms with Gasteiger partial charge < -0.3 is 15.2 Å². The molecule has 0 fully saturated rings. The van der Waals surface area contributed by atoms with Crippen LogP contribution in [-0.2, 0) is 4.74 Å². The van der Waals surface area contributed by atoms with Crippen LogP contribution >= 0.6 is 0 Å². The van der Waals surface area contributed by atoms with E-state index >= 15 is 0 Å². The van der Waals surface area contributed by atoms with Gasteiger partial charge in [-0.1, -0.05) is 0 Å². The van der Waals surface area contributed by atoms with Gasteiger partial charge in [-0.2, -0.15) is 8.78 Å². The Morgan fingerprint density at radius 1 is 1.47 bits per heavy atom. The van der Waals surface area contributed by atoms with E-state index in [1.807, 2.05) is 0 Å². The van der Waals surface area contributed by atoms with Crippen LogP contribution in [0.3, 0.4) is 0 Å². The van der Waals surface area contributed by atoms with E-state index in [1.54, 1.807) is 0 Å². The lowest BCUT2D eigenvalue weighted by molar-refractivity contribution is -0.0494. The molecule has 0 unspecified atom stereocenters. The smallest absolute Gasteiger partial charge is 0.387 e. The predicted octanol–water partition coefficient (Wildman–Crippen LogP) is 2.19. The molecule has 17 heavy (non-hydrogen) atoms. The zero-order valence-corrected chi connectivity index (χ0v) is 8.88. The number of anilines is 1. The van der Waals surface area contributed by atoms with E-state index in [0.717, 1.165) is 12.1 Å². The third-order valence-electron chi connectivity index (χ3n) is 1.85. The van der Waals surface area contributed by atoms with Crippen molar-refractivity contribution in [1.82, 2.24) is 0 Å². The van der Waals surface area contributed by atoms with E-state index in [1.165, 1.54) is 6.92 Å². The van der Waals surface area contributed by atoms with Crippen LogP contribution in [0.1, 0.15) is 17.3 Å². The average molecular weight is 249 g/mol. The molecule has 1 rings (SSSR count). The van der Waals surface area contributed by atoms with Crippen molar-refractivity contribution < 1.29 is 27.4 Å². The molecule has 0 radical (unpaired) electrons. The molecular formula is C10H10F3NO3. The van der Waals surface area contributed by atoms with Crippen molar-refractivity contribution in [2.75, 3.05) is 12.3 Å². The van der Waals surface area contributed by atoms with Crippen LogP contribution in [0, 0.1) is 5.82 Å². The summed E-state index contributed by atoms with van der Waals surface area (Å²) in [5.74, 6) is -2.45. The van der Waals surface area contributed by atoms with Gasteiger partial charge in [0.25, 0.3) is 0 Å². The molecule has 4 nitrogen and oxygen atoms in total. The number of hydrogen-bond acceptors (Lipinski definition) is 4. The van der Waals surface area contributed by atoms with Crippen molar-refractivity contribution >= 4 is 11.7 Å². The van der Waals surface area contributed by atoms with Gasteiger partial charge in [0.15, 0.2) is 0 Å². The first-order valence-corrected chi connectivity index (χ1v) is 4.67. The molecule has 1 aromatic carbocycles. The summed E-state index contributed by atoms with van der Waals surface area (Å²) in [6, 6.07) is 1.72. The number of ether oxygens (including phenoxy) is 2. The molecule has 0 aromatic heterocycles. The van der Waals surface area contributed by atoms with Gasteiger partial charge in [0, 0.05) is 0 Å². The highest BCUT2D eigenvalue weighted by Crippen LogP contribution is 2.29. The predicted molar refractivity (Wildman–Crippen MR) is 53.4 cm³/mol. The van der Waals surface area contributed by atoms with Crippen molar-refractivity contribution in [3.05, 3.63) is 23.5 Å². The summed E-state index contributed by atoms with van der Waals surface area (Å²) in [5.41, 5.74) is 4.25. The number of alkyl halides is 2. The maximum absolute atomic E-state index is 13.3. The molecule has 0 saturated carbocycles. The van der Waals surface area contributed by atoms with Crippen LogP contribution in [0.15, 0.2) is 12.1 Å². The van der Waals surface area contributed by atoms with E-state index in [4.69, 9.17) is 5.73 Å². The normalized spacial score (nSPS) is 10.4. The van der Waals surface area contributed by atoms with Gasteiger partial charge in [-0.25, -0.2) is 9.18 Å². The molecule has 0 heterocycles. The fourth-order valence-electron chi connectivity index (χ4n) is 1.18. The Morgan fingerprint density at radius 3 is 2.65 bits per heavy atom. The molecule has 0 bridgehead atoms. The third kappa shape index (κ3) is 3.02. The Bertz CT molecular complexity index is 424. The van der Waals surface area contributed by atoms with Gasteiger partial charge in [-0.15, -0.1) is 0 Å². The second kappa shape index (κ2) is 5.42. The van der Waals surface area contributed by atoms with E-state index in [-0.39, 0.29) is 6.61 Å². The van der Waals surface area contributed by atoms with Crippen molar-refractivity contribution in [3.63, 3.8) is 0 Å². The zero-order valence-electron chi connectivity index (χ0n) is 8.88. The van der Waals surface area contributed by atoms with Crippen molar-refractivity contribution in [2.45, 2.75) is 13.5 Å². The molecule has 0 amide bonds. The fraction of sp³-hybridized carbons (Fsp3) is 0.300. The number of nitrogen functional groups attached to an aromatic ring is 1. The highest BCUT2D eigenvalue weighted by atomic mass is 19.3. The van der Waals surface area contributed by atoms with Gasteiger partial charge in [-0.05, 0) is 19.1 Å². The van der Waals surface area contributed by atoms with Crippen LogP contribution in [0.5, 0.6) is 5.75 Å². The molecule has 2 N–H and O–H groups in total. The van der Waals surface area contributed by atoms with Gasteiger partial charge >= 0.3 is 12.6 Å². The number of rotatable bonds is 4. The second-order valence-electron chi connectivity index (χ2n) is 2.93. The van der Waals surface area contributed by atoms with Crippen LogP contribution in [0.25, 0.3) is 0 Å². The van der Waals surface area contributed by atoms with Crippen molar-refractivity contribution in [3.8, 4) is 5.75 Å². The lowest BCUT2D eigenvalue weighted by atomic mass is 10.1. The van der Waals surface area contributed by atoms with E-state index in [9.17, 15) is 18.0 Å². The van der Waals surface area contributed by atoms with E-state index < -0.39 is 35.4 Å². The van der Waals surface area contributed by atoms with Crippen LogP contribution in [0.4, 0.5) is 18.9 Å². The number of benzene rings is 1. The third-order valence-corrected chi connectivity index (χ3v) is 1.85. The second-order valence-corrected chi connectivity index (χ2v) is 2.93. The molecule has 0 aliphatic carbocycles. The first-order valence-electron chi connectivity index (χ1n) is 4.67. The number of carbonyl (C=O) groups excluding carboxylic acids is 1. The number of esters is 1. The fourth-order valence-corrected chi connectivity index (χ4v) is 1.18. The lowest BCUT2D eigenvalue weighted by Crippen LogP contribution is -2.13. The maximum Gasteiger partial charge on any atom is 0.387 e. The Kier molecular flexibility index (Phi) is 4.19. The standard InChI is InChI=1S/C10H10F3NO3/c1-2-16-9(15)7-5(11)3-4-6(8(7)14)17-10(12)13/h3-4,10H,2,14H2,1H3. The molecule has 0 atom stereocenters. The maximum atomic E-state index is 13.3. The van der Waals surface area contributed by atoms with Crippen LogP contribution in [-0.4, -0.2) is 19.2 Å². The molecule has 0 aliphatic heterocycles. The van der Waals surface area contributed by atoms with Crippen LogP contribution in [0.2, 0.25) is 0 Å². The minimum atomic E-state index is -3.11. The SMILES string of the molecule is CCOC(=O)c1c(F)ccc(OC(F)F)c1N. The molecule has 1 aromatic rings. The highest BCUT2D eigenvalue weighted by Gasteiger charge is 2.21. The summed E-state index contributed by atoms with van der Waals surface area (Å²) in [7, 11) is 0. The van der Waals surface area contributed by atoms with Gasteiger partial charge in [0.05, 0.1) is 12.3 Å². The van der Waals surface area contributed by atoms with Crippen LogP contribution < -0.4 is 10.5 Å². The summed E-state index contributed by atoms with van der Waals surface area (Å²) >= 11 is 0. The molecule has 0 saturated heterocycles. The zero-order chi connectivity index (χ0) is 13.0. The highest BCUT2D eigenvalue weighted by molar-refractivity contribution is 5.96. The van der Waals surface area contributed by atoms with E-state index in [2.05, 4.69) is 9.47 Å². The average Bonchev–Trinajstić information content (AvgIpc) is 2.22. The van der Waals surface area contributed by atoms with Crippen molar-refractivity contribution in [2.24, 2.45) is 0 Å². The monoisotopic (exact) mass is 249 g/mol. The molecular weight excluding hydrogens is 239 g/mol.